The standard InChI is InChI=1S/C26H25NO7/c1-17-6-8-21(26(29)30)23(10-17)32-15-25(28)27(13-18-4-3-5-20(11-18)31-2)14-19-7-9-22-24(12-19)34-16-33-22/h3-12H,13-16H2,1-2H3,(H,29,30). The van der Waals surface area contributed by atoms with Gasteiger partial charge in [-0.15, -0.1) is 0 Å². The molecule has 3 aromatic carbocycles. The van der Waals surface area contributed by atoms with Crippen LogP contribution >= 0.6 is 0 Å². The topological polar surface area (TPSA) is 94.5 Å². The number of methoxy groups -OCH3 is 1. The molecule has 0 aliphatic carbocycles. The summed E-state index contributed by atoms with van der Waals surface area (Å²) in [6, 6.07) is 17.8. The first-order valence-corrected chi connectivity index (χ1v) is 10.7. The lowest BCUT2D eigenvalue weighted by Crippen LogP contribution is -2.34. The number of benzene rings is 3. The number of ether oxygens (including phenoxy) is 4. The highest BCUT2D eigenvalue weighted by molar-refractivity contribution is 5.91. The number of hydrogen-bond donors (Lipinski definition) is 1. The molecule has 1 aliphatic heterocycles. The molecular formula is C26H25NO7. The van der Waals surface area contributed by atoms with Crippen LogP contribution in [0.4, 0.5) is 0 Å². The molecule has 0 radical (unpaired) electrons. The van der Waals surface area contributed by atoms with Gasteiger partial charge in [-0.05, 0) is 60.0 Å². The lowest BCUT2D eigenvalue weighted by Gasteiger charge is -2.24. The minimum Gasteiger partial charge on any atom is -0.497 e. The van der Waals surface area contributed by atoms with Crippen molar-refractivity contribution < 1.29 is 33.6 Å². The second-order valence-electron chi connectivity index (χ2n) is 7.88. The molecule has 1 aliphatic rings. The molecule has 0 bridgehead atoms. The van der Waals surface area contributed by atoms with Gasteiger partial charge < -0.3 is 29.0 Å². The van der Waals surface area contributed by atoms with Gasteiger partial charge in [0, 0.05) is 13.1 Å². The van der Waals surface area contributed by atoms with E-state index in [0.717, 1.165) is 16.7 Å². The Morgan fingerprint density at radius 2 is 1.74 bits per heavy atom. The van der Waals surface area contributed by atoms with E-state index in [0.29, 0.717) is 30.3 Å². The molecule has 1 N–H and O–H groups in total. The molecule has 0 spiro atoms. The number of carbonyl (C=O) groups excluding carboxylic acids is 1. The van der Waals surface area contributed by atoms with E-state index in [1.165, 1.54) is 6.07 Å². The van der Waals surface area contributed by atoms with Gasteiger partial charge in [-0.1, -0.05) is 24.3 Å². The molecular weight excluding hydrogens is 438 g/mol. The van der Waals surface area contributed by atoms with Crippen LogP contribution in [0.15, 0.2) is 60.7 Å². The van der Waals surface area contributed by atoms with Gasteiger partial charge in [0.2, 0.25) is 6.79 Å². The molecule has 1 heterocycles. The van der Waals surface area contributed by atoms with E-state index in [1.807, 2.05) is 49.4 Å². The first kappa shape index (κ1) is 23.0. The van der Waals surface area contributed by atoms with E-state index >= 15 is 0 Å². The average Bonchev–Trinajstić information content (AvgIpc) is 3.30. The maximum atomic E-state index is 13.2. The fourth-order valence-corrected chi connectivity index (χ4v) is 3.64. The number of carbonyl (C=O) groups is 2. The number of carboxylic acids is 1. The van der Waals surface area contributed by atoms with E-state index in [4.69, 9.17) is 18.9 Å². The van der Waals surface area contributed by atoms with Crippen molar-refractivity contribution in [3.8, 4) is 23.0 Å². The number of fused-ring (bicyclic) bond motifs is 1. The summed E-state index contributed by atoms with van der Waals surface area (Å²) < 4.78 is 21.8. The van der Waals surface area contributed by atoms with Crippen molar-refractivity contribution >= 4 is 11.9 Å². The molecule has 4 rings (SSSR count). The van der Waals surface area contributed by atoms with Gasteiger partial charge in [0.05, 0.1) is 7.11 Å². The SMILES string of the molecule is COc1cccc(CN(Cc2ccc3c(c2)OCO3)C(=O)COc2cc(C)ccc2C(=O)O)c1. The molecule has 0 saturated carbocycles. The van der Waals surface area contributed by atoms with E-state index in [1.54, 1.807) is 24.1 Å². The number of nitrogens with zero attached hydrogens (tertiary/aromatic N) is 1. The van der Waals surface area contributed by atoms with Gasteiger partial charge in [0.15, 0.2) is 18.1 Å². The van der Waals surface area contributed by atoms with Gasteiger partial charge in [0.25, 0.3) is 5.91 Å². The number of aryl methyl sites for hydroxylation is 1. The van der Waals surface area contributed by atoms with Gasteiger partial charge in [-0.3, -0.25) is 4.79 Å². The van der Waals surface area contributed by atoms with Crippen molar-refractivity contribution in [3.05, 3.63) is 82.9 Å². The zero-order valence-corrected chi connectivity index (χ0v) is 18.9. The maximum Gasteiger partial charge on any atom is 0.339 e. The first-order valence-electron chi connectivity index (χ1n) is 10.7. The number of amides is 1. The predicted octanol–water partition coefficient (Wildman–Crippen LogP) is 4.04. The van der Waals surface area contributed by atoms with Gasteiger partial charge >= 0.3 is 5.97 Å². The lowest BCUT2D eigenvalue weighted by atomic mass is 10.1. The third-order valence-corrected chi connectivity index (χ3v) is 5.39. The third-order valence-electron chi connectivity index (χ3n) is 5.39. The number of hydrogen-bond acceptors (Lipinski definition) is 6. The normalized spacial score (nSPS) is 11.7. The minimum absolute atomic E-state index is 0.00789. The van der Waals surface area contributed by atoms with E-state index in [9.17, 15) is 14.7 Å². The molecule has 8 nitrogen and oxygen atoms in total. The summed E-state index contributed by atoms with van der Waals surface area (Å²) in [6.45, 7) is 2.30. The van der Waals surface area contributed by atoms with Crippen LogP contribution in [-0.4, -0.2) is 42.4 Å². The number of rotatable bonds is 9. The van der Waals surface area contributed by atoms with Crippen molar-refractivity contribution in [1.29, 1.82) is 0 Å². The molecule has 0 aromatic heterocycles. The van der Waals surface area contributed by atoms with Crippen LogP contribution < -0.4 is 18.9 Å². The Kier molecular flexibility index (Phi) is 6.87. The van der Waals surface area contributed by atoms with Crippen molar-refractivity contribution in [2.24, 2.45) is 0 Å². The van der Waals surface area contributed by atoms with E-state index in [2.05, 4.69) is 0 Å². The molecule has 3 aromatic rings. The summed E-state index contributed by atoms with van der Waals surface area (Å²) in [6.07, 6.45) is 0. The fraction of sp³-hybridized carbons (Fsp3) is 0.231. The third kappa shape index (κ3) is 5.40. The Morgan fingerprint density at radius 3 is 2.50 bits per heavy atom. The maximum absolute atomic E-state index is 13.2. The summed E-state index contributed by atoms with van der Waals surface area (Å²) >= 11 is 0. The smallest absolute Gasteiger partial charge is 0.339 e. The number of carboxylic acid groups (broad SMARTS) is 1. The highest BCUT2D eigenvalue weighted by atomic mass is 16.7. The van der Waals surface area contributed by atoms with Crippen LogP contribution in [0.5, 0.6) is 23.0 Å². The molecule has 0 unspecified atom stereocenters. The second kappa shape index (κ2) is 10.2. The molecule has 0 saturated heterocycles. The zero-order chi connectivity index (χ0) is 24.1. The van der Waals surface area contributed by atoms with Crippen molar-refractivity contribution in [2.75, 3.05) is 20.5 Å². The summed E-state index contributed by atoms with van der Waals surface area (Å²) in [4.78, 5) is 26.4. The summed E-state index contributed by atoms with van der Waals surface area (Å²) in [5, 5.41) is 9.44. The van der Waals surface area contributed by atoms with Gasteiger partial charge in [-0.2, -0.15) is 0 Å². The average molecular weight is 463 g/mol. The van der Waals surface area contributed by atoms with Crippen molar-refractivity contribution in [3.63, 3.8) is 0 Å². The highest BCUT2D eigenvalue weighted by Crippen LogP contribution is 2.33. The molecule has 8 heteroatoms. The molecule has 176 valence electrons. The van der Waals surface area contributed by atoms with Gasteiger partial charge in [0.1, 0.15) is 17.1 Å². The molecule has 0 fully saturated rings. The van der Waals surface area contributed by atoms with Crippen LogP contribution in [-0.2, 0) is 17.9 Å². The minimum atomic E-state index is -1.11. The quantitative estimate of drug-likeness (QED) is 0.512. The van der Waals surface area contributed by atoms with E-state index in [-0.39, 0.29) is 30.6 Å². The Labute approximate surface area is 197 Å². The number of aromatic carboxylic acids is 1. The summed E-state index contributed by atoms with van der Waals surface area (Å²) in [5.41, 5.74) is 2.59. The van der Waals surface area contributed by atoms with Gasteiger partial charge in [-0.25, -0.2) is 4.79 Å². The monoisotopic (exact) mass is 463 g/mol. The van der Waals surface area contributed by atoms with Crippen LogP contribution in [0.1, 0.15) is 27.0 Å². The summed E-state index contributed by atoms with van der Waals surface area (Å²) in [5.74, 6) is 0.738. The summed E-state index contributed by atoms with van der Waals surface area (Å²) in [7, 11) is 1.59. The van der Waals surface area contributed by atoms with Crippen molar-refractivity contribution in [1.82, 2.24) is 4.90 Å². The Balaban J connectivity index is 1.55. The van der Waals surface area contributed by atoms with Crippen LogP contribution in [0.25, 0.3) is 0 Å². The Bertz CT molecular complexity index is 1210. The largest absolute Gasteiger partial charge is 0.497 e. The Hall–Kier alpha value is -4.20. The lowest BCUT2D eigenvalue weighted by molar-refractivity contribution is -0.134. The van der Waals surface area contributed by atoms with Crippen LogP contribution in [0, 0.1) is 6.92 Å². The predicted molar refractivity (Wildman–Crippen MR) is 123 cm³/mol. The molecule has 0 atom stereocenters. The Morgan fingerprint density at radius 1 is 0.971 bits per heavy atom. The van der Waals surface area contributed by atoms with Crippen molar-refractivity contribution in [2.45, 2.75) is 20.0 Å². The fourth-order valence-electron chi connectivity index (χ4n) is 3.64. The highest BCUT2D eigenvalue weighted by Gasteiger charge is 2.20. The van der Waals surface area contributed by atoms with Crippen LogP contribution in [0.2, 0.25) is 0 Å². The molecule has 34 heavy (non-hydrogen) atoms. The van der Waals surface area contributed by atoms with Crippen LogP contribution in [0.3, 0.4) is 0 Å². The first-order chi connectivity index (χ1) is 16.4. The van der Waals surface area contributed by atoms with E-state index < -0.39 is 5.97 Å². The zero-order valence-electron chi connectivity index (χ0n) is 18.9. The second-order valence-corrected chi connectivity index (χ2v) is 7.88. The molecule has 1 amide bonds.